The molecule has 0 fully saturated rings. The van der Waals surface area contributed by atoms with Gasteiger partial charge in [0.05, 0.1) is 0 Å². The number of benzene rings is 1. The molecule has 0 saturated heterocycles. The molecule has 0 aliphatic carbocycles. The highest BCUT2D eigenvalue weighted by atomic mass is 16.5. The van der Waals surface area contributed by atoms with Crippen molar-refractivity contribution in [2.24, 2.45) is 0 Å². The maximum atomic E-state index is 10.6. The van der Waals surface area contributed by atoms with E-state index in [9.17, 15) is 4.79 Å². The van der Waals surface area contributed by atoms with Crippen LogP contribution in [0.3, 0.4) is 0 Å². The first-order valence-electron chi connectivity index (χ1n) is 5.70. The average molecular weight is 220 g/mol. The molecule has 0 aliphatic rings. The van der Waals surface area contributed by atoms with E-state index in [0.717, 1.165) is 12.0 Å². The Labute approximate surface area is 97.6 Å². The zero-order chi connectivity index (χ0) is 12.2. The van der Waals surface area contributed by atoms with Crippen LogP contribution in [0.15, 0.2) is 24.3 Å². The zero-order valence-electron chi connectivity index (χ0n) is 10.5. The Balaban J connectivity index is 2.75. The second kappa shape index (κ2) is 5.15. The fourth-order valence-electron chi connectivity index (χ4n) is 1.42. The SMILES string of the molecule is CCC(C=O)Oc1ccc(C(C)(C)C)cc1. The van der Waals surface area contributed by atoms with Gasteiger partial charge in [-0.05, 0) is 29.5 Å². The Bertz CT molecular complexity index is 333. The molecular formula is C14H20O2. The van der Waals surface area contributed by atoms with Gasteiger partial charge in [-0.1, -0.05) is 39.8 Å². The van der Waals surface area contributed by atoms with Crippen LogP contribution in [0.25, 0.3) is 0 Å². The molecular weight excluding hydrogens is 200 g/mol. The molecule has 0 amide bonds. The summed E-state index contributed by atoms with van der Waals surface area (Å²) in [6, 6.07) is 7.94. The predicted octanol–water partition coefficient (Wildman–Crippen LogP) is 3.34. The van der Waals surface area contributed by atoms with Crippen LogP contribution in [0.1, 0.15) is 39.7 Å². The van der Waals surface area contributed by atoms with Crippen LogP contribution in [0, 0.1) is 0 Å². The van der Waals surface area contributed by atoms with Crippen LogP contribution in [0.5, 0.6) is 5.75 Å². The Kier molecular flexibility index (Phi) is 4.11. The van der Waals surface area contributed by atoms with Crippen molar-refractivity contribution in [3.63, 3.8) is 0 Å². The second-order valence-electron chi connectivity index (χ2n) is 4.98. The van der Waals surface area contributed by atoms with Crippen molar-refractivity contribution in [2.75, 3.05) is 0 Å². The second-order valence-corrected chi connectivity index (χ2v) is 4.98. The fraction of sp³-hybridized carbons (Fsp3) is 0.500. The molecule has 1 aromatic carbocycles. The normalized spacial score (nSPS) is 13.2. The van der Waals surface area contributed by atoms with Crippen LogP contribution in [-0.4, -0.2) is 12.4 Å². The van der Waals surface area contributed by atoms with Gasteiger partial charge >= 0.3 is 0 Å². The molecule has 1 rings (SSSR count). The number of hydrogen-bond donors (Lipinski definition) is 0. The number of aldehydes is 1. The third-order valence-corrected chi connectivity index (χ3v) is 2.56. The minimum atomic E-state index is -0.333. The van der Waals surface area contributed by atoms with Gasteiger partial charge in [-0.3, -0.25) is 4.79 Å². The highest BCUT2D eigenvalue weighted by Crippen LogP contribution is 2.24. The molecule has 88 valence electrons. The van der Waals surface area contributed by atoms with E-state index in [1.807, 2.05) is 31.2 Å². The molecule has 1 atom stereocenters. The summed E-state index contributed by atoms with van der Waals surface area (Å²) in [5.74, 6) is 0.756. The Morgan fingerprint density at radius 1 is 1.25 bits per heavy atom. The molecule has 2 nitrogen and oxygen atoms in total. The highest BCUT2D eigenvalue weighted by Gasteiger charge is 2.13. The first kappa shape index (κ1) is 12.8. The summed E-state index contributed by atoms with van der Waals surface area (Å²) in [5, 5.41) is 0. The molecule has 1 unspecified atom stereocenters. The summed E-state index contributed by atoms with van der Waals surface area (Å²) in [7, 11) is 0. The van der Waals surface area contributed by atoms with Crippen LogP contribution in [-0.2, 0) is 10.2 Å². The maximum Gasteiger partial charge on any atom is 0.160 e. The lowest BCUT2D eigenvalue weighted by Gasteiger charge is -2.19. The maximum absolute atomic E-state index is 10.6. The van der Waals surface area contributed by atoms with Crippen molar-refractivity contribution in [1.82, 2.24) is 0 Å². The van der Waals surface area contributed by atoms with E-state index in [1.54, 1.807) is 0 Å². The van der Waals surface area contributed by atoms with Gasteiger partial charge in [0.25, 0.3) is 0 Å². The van der Waals surface area contributed by atoms with Crippen molar-refractivity contribution in [3.05, 3.63) is 29.8 Å². The first-order chi connectivity index (χ1) is 7.47. The summed E-state index contributed by atoms with van der Waals surface area (Å²) in [6.45, 7) is 8.44. The monoisotopic (exact) mass is 220 g/mol. The number of carbonyl (C=O) groups excluding carboxylic acids is 1. The largest absolute Gasteiger partial charge is 0.483 e. The third kappa shape index (κ3) is 3.37. The predicted molar refractivity (Wildman–Crippen MR) is 65.9 cm³/mol. The smallest absolute Gasteiger partial charge is 0.160 e. The van der Waals surface area contributed by atoms with Gasteiger partial charge in [0.15, 0.2) is 12.4 Å². The molecule has 2 heteroatoms. The van der Waals surface area contributed by atoms with Crippen LogP contribution >= 0.6 is 0 Å². The minimum Gasteiger partial charge on any atom is -0.483 e. The fourth-order valence-corrected chi connectivity index (χ4v) is 1.42. The van der Waals surface area contributed by atoms with Gasteiger partial charge in [0, 0.05) is 0 Å². The summed E-state index contributed by atoms with van der Waals surface area (Å²) in [5.41, 5.74) is 1.41. The minimum absolute atomic E-state index is 0.146. The van der Waals surface area contributed by atoms with Crippen molar-refractivity contribution < 1.29 is 9.53 Å². The number of carbonyl (C=O) groups is 1. The summed E-state index contributed by atoms with van der Waals surface area (Å²) < 4.78 is 5.51. The molecule has 0 heterocycles. The molecule has 0 saturated carbocycles. The van der Waals surface area contributed by atoms with Crippen molar-refractivity contribution >= 4 is 6.29 Å². The summed E-state index contributed by atoms with van der Waals surface area (Å²) in [4.78, 5) is 10.6. The van der Waals surface area contributed by atoms with E-state index >= 15 is 0 Å². The molecule has 0 aromatic heterocycles. The van der Waals surface area contributed by atoms with E-state index in [-0.39, 0.29) is 11.5 Å². The Morgan fingerprint density at radius 2 is 1.81 bits per heavy atom. The third-order valence-electron chi connectivity index (χ3n) is 2.56. The van der Waals surface area contributed by atoms with Crippen molar-refractivity contribution in [2.45, 2.75) is 45.6 Å². The van der Waals surface area contributed by atoms with Crippen molar-refractivity contribution in [1.29, 1.82) is 0 Å². The van der Waals surface area contributed by atoms with Gasteiger partial charge in [-0.25, -0.2) is 0 Å². The van der Waals surface area contributed by atoms with Gasteiger partial charge in [-0.2, -0.15) is 0 Å². The summed E-state index contributed by atoms with van der Waals surface area (Å²) >= 11 is 0. The quantitative estimate of drug-likeness (QED) is 0.727. The van der Waals surface area contributed by atoms with E-state index in [0.29, 0.717) is 6.42 Å². The topological polar surface area (TPSA) is 26.3 Å². The standard InChI is InChI=1S/C14H20O2/c1-5-12(10-15)16-13-8-6-11(7-9-13)14(2,3)4/h6-10,12H,5H2,1-4H3. The lowest BCUT2D eigenvalue weighted by molar-refractivity contribution is -0.113. The average Bonchev–Trinajstić information content (AvgIpc) is 2.25. The molecule has 0 radical (unpaired) electrons. The van der Waals surface area contributed by atoms with Gasteiger partial charge in [0.2, 0.25) is 0 Å². The van der Waals surface area contributed by atoms with E-state index in [4.69, 9.17) is 4.74 Å². The molecule has 0 aliphatic heterocycles. The Hall–Kier alpha value is -1.31. The van der Waals surface area contributed by atoms with Gasteiger partial charge in [0.1, 0.15) is 5.75 Å². The van der Waals surface area contributed by atoms with Gasteiger partial charge in [-0.15, -0.1) is 0 Å². The van der Waals surface area contributed by atoms with E-state index in [2.05, 4.69) is 20.8 Å². The van der Waals surface area contributed by atoms with Crippen LogP contribution in [0.2, 0.25) is 0 Å². The summed E-state index contributed by atoms with van der Waals surface area (Å²) in [6.07, 6.45) is 1.21. The van der Waals surface area contributed by atoms with Crippen LogP contribution in [0.4, 0.5) is 0 Å². The molecule has 0 N–H and O–H groups in total. The first-order valence-corrected chi connectivity index (χ1v) is 5.70. The van der Waals surface area contributed by atoms with Gasteiger partial charge < -0.3 is 4.74 Å². The number of hydrogen-bond acceptors (Lipinski definition) is 2. The highest BCUT2D eigenvalue weighted by molar-refractivity contribution is 5.56. The zero-order valence-corrected chi connectivity index (χ0v) is 10.5. The van der Waals surface area contributed by atoms with E-state index < -0.39 is 0 Å². The molecule has 16 heavy (non-hydrogen) atoms. The molecule has 1 aromatic rings. The molecule has 0 spiro atoms. The lowest BCUT2D eigenvalue weighted by atomic mass is 9.87. The van der Waals surface area contributed by atoms with E-state index in [1.165, 1.54) is 5.56 Å². The van der Waals surface area contributed by atoms with Crippen molar-refractivity contribution in [3.8, 4) is 5.75 Å². The number of ether oxygens (including phenoxy) is 1. The number of rotatable bonds is 4. The van der Waals surface area contributed by atoms with Crippen LogP contribution < -0.4 is 4.74 Å². The lowest BCUT2D eigenvalue weighted by Crippen LogP contribution is -2.16. The Morgan fingerprint density at radius 3 is 2.19 bits per heavy atom. The molecule has 0 bridgehead atoms.